The van der Waals surface area contributed by atoms with Gasteiger partial charge in [-0.25, -0.2) is 0 Å². The third kappa shape index (κ3) is 2.38. The van der Waals surface area contributed by atoms with Crippen molar-refractivity contribution in [3.05, 3.63) is 11.9 Å². The largest absolute Gasteiger partial charge is 0.493 e. The number of ether oxygens (including phenoxy) is 1. The minimum absolute atomic E-state index is 0.570. The quantitative estimate of drug-likeness (QED) is 0.841. The van der Waals surface area contributed by atoms with Crippen LogP contribution in [0.2, 0.25) is 0 Å². The van der Waals surface area contributed by atoms with Gasteiger partial charge in [-0.1, -0.05) is 6.92 Å². The zero-order valence-electron chi connectivity index (χ0n) is 10.4. The molecule has 2 heterocycles. The van der Waals surface area contributed by atoms with Crippen LogP contribution < -0.4 is 10.1 Å². The fraction of sp³-hybridized carbons (Fsp3) is 0.750. The number of aromatic nitrogens is 2. The van der Waals surface area contributed by atoms with E-state index in [0.29, 0.717) is 6.04 Å². The van der Waals surface area contributed by atoms with Crippen LogP contribution in [0.15, 0.2) is 6.20 Å². The molecule has 0 bridgehead atoms. The SMILES string of the molecule is COc1cnn(C)c1CC1CCC(C)CN1. The summed E-state index contributed by atoms with van der Waals surface area (Å²) < 4.78 is 7.23. The van der Waals surface area contributed by atoms with Gasteiger partial charge in [-0.05, 0) is 25.3 Å². The molecule has 0 spiro atoms. The normalized spacial score (nSPS) is 25.7. The highest BCUT2D eigenvalue weighted by Crippen LogP contribution is 2.22. The molecule has 1 N–H and O–H groups in total. The van der Waals surface area contributed by atoms with E-state index in [1.165, 1.54) is 18.5 Å². The average molecular weight is 223 g/mol. The first-order chi connectivity index (χ1) is 7.70. The summed E-state index contributed by atoms with van der Waals surface area (Å²) in [5, 5.41) is 7.82. The second-order valence-electron chi connectivity index (χ2n) is 4.78. The first-order valence-electron chi connectivity index (χ1n) is 5.99. The third-order valence-electron chi connectivity index (χ3n) is 3.45. The predicted molar refractivity (Wildman–Crippen MR) is 63.7 cm³/mol. The second-order valence-corrected chi connectivity index (χ2v) is 4.78. The maximum atomic E-state index is 5.32. The molecular weight excluding hydrogens is 202 g/mol. The molecule has 1 aliphatic heterocycles. The highest BCUT2D eigenvalue weighted by Gasteiger charge is 2.20. The fourth-order valence-corrected chi connectivity index (χ4v) is 2.31. The summed E-state index contributed by atoms with van der Waals surface area (Å²) in [6, 6.07) is 0.570. The second kappa shape index (κ2) is 4.87. The van der Waals surface area contributed by atoms with Crippen LogP contribution in [0.3, 0.4) is 0 Å². The summed E-state index contributed by atoms with van der Waals surface area (Å²) in [7, 11) is 3.68. The Hall–Kier alpha value is -1.03. The molecule has 1 saturated heterocycles. The maximum Gasteiger partial charge on any atom is 0.159 e. The molecule has 1 aliphatic rings. The first kappa shape index (κ1) is 11.5. The van der Waals surface area contributed by atoms with Crippen molar-refractivity contribution in [2.45, 2.75) is 32.2 Å². The van der Waals surface area contributed by atoms with E-state index in [0.717, 1.165) is 24.6 Å². The van der Waals surface area contributed by atoms with Crippen LogP contribution in [-0.4, -0.2) is 29.5 Å². The molecule has 0 saturated carbocycles. The van der Waals surface area contributed by atoms with Crippen molar-refractivity contribution in [1.29, 1.82) is 0 Å². The van der Waals surface area contributed by atoms with E-state index in [9.17, 15) is 0 Å². The van der Waals surface area contributed by atoms with E-state index in [-0.39, 0.29) is 0 Å². The van der Waals surface area contributed by atoms with Gasteiger partial charge in [-0.3, -0.25) is 4.68 Å². The topological polar surface area (TPSA) is 39.1 Å². The molecule has 0 aliphatic carbocycles. The zero-order valence-corrected chi connectivity index (χ0v) is 10.4. The van der Waals surface area contributed by atoms with Gasteiger partial charge in [0.05, 0.1) is 19.0 Å². The van der Waals surface area contributed by atoms with Crippen LogP contribution in [0.25, 0.3) is 0 Å². The lowest BCUT2D eigenvalue weighted by molar-refractivity contribution is 0.319. The highest BCUT2D eigenvalue weighted by molar-refractivity contribution is 5.25. The molecule has 0 aromatic carbocycles. The van der Waals surface area contributed by atoms with Crippen molar-refractivity contribution < 1.29 is 4.74 Å². The van der Waals surface area contributed by atoms with Gasteiger partial charge >= 0.3 is 0 Å². The number of piperidine rings is 1. The summed E-state index contributed by atoms with van der Waals surface area (Å²) in [4.78, 5) is 0. The number of rotatable bonds is 3. The fourth-order valence-electron chi connectivity index (χ4n) is 2.31. The van der Waals surface area contributed by atoms with Gasteiger partial charge in [0.1, 0.15) is 0 Å². The van der Waals surface area contributed by atoms with E-state index in [1.807, 2.05) is 11.7 Å². The van der Waals surface area contributed by atoms with Crippen molar-refractivity contribution >= 4 is 0 Å². The number of nitrogens with zero attached hydrogens (tertiary/aromatic N) is 2. The van der Waals surface area contributed by atoms with Crippen molar-refractivity contribution in [2.75, 3.05) is 13.7 Å². The molecule has 4 heteroatoms. The van der Waals surface area contributed by atoms with Crippen LogP contribution >= 0.6 is 0 Å². The number of aryl methyl sites for hydroxylation is 1. The zero-order chi connectivity index (χ0) is 11.5. The maximum absolute atomic E-state index is 5.32. The van der Waals surface area contributed by atoms with Crippen LogP contribution in [0, 0.1) is 5.92 Å². The number of nitrogens with one attached hydrogen (secondary N) is 1. The van der Waals surface area contributed by atoms with Crippen LogP contribution in [-0.2, 0) is 13.5 Å². The summed E-state index contributed by atoms with van der Waals surface area (Å²) in [5.74, 6) is 1.72. The Kier molecular flexibility index (Phi) is 3.49. The lowest BCUT2D eigenvalue weighted by Gasteiger charge is -2.27. The minimum Gasteiger partial charge on any atom is -0.493 e. The Labute approximate surface area is 97.0 Å². The van der Waals surface area contributed by atoms with Gasteiger partial charge in [0.25, 0.3) is 0 Å². The van der Waals surface area contributed by atoms with Gasteiger partial charge in [0.2, 0.25) is 0 Å². The van der Waals surface area contributed by atoms with Gasteiger partial charge in [0.15, 0.2) is 5.75 Å². The summed E-state index contributed by atoms with van der Waals surface area (Å²) in [5.41, 5.74) is 1.19. The monoisotopic (exact) mass is 223 g/mol. The van der Waals surface area contributed by atoms with Gasteiger partial charge in [-0.2, -0.15) is 5.10 Å². The van der Waals surface area contributed by atoms with Crippen molar-refractivity contribution in [1.82, 2.24) is 15.1 Å². The summed E-state index contributed by atoms with van der Waals surface area (Å²) >= 11 is 0. The first-order valence-corrected chi connectivity index (χ1v) is 5.99. The molecule has 2 rings (SSSR count). The van der Waals surface area contributed by atoms with Crippen molar-refractivity contribution in [3.63, 3.8) is 0 Å². The Morgan fingerprint density at radius 3 is 3.00 bits per heavy atom. The number of hydrogen-bond acceptors (Lipinski definition) is 3. The Morgan fingerprint density at radius 2 is 2.38 bits per heavy atom. The van der Waals surface area contributed by atoms with E-state index >= 15 is 0 Å². The van der Waals surface area contributed by atoms with Gasteiger partial charge in [0, 0.05) is 19.5 Å². The van der Waals surface area contributed by atoms with Crippen LogP contribution in [0.5, 0.6) is 5.75 Å². The van der Waals surface area contributed by atoms with E-state index in [2.05, 4.69) is 17.3 Å². The molecule has 0 amide bonds. The molecule has 2 atom stereocenters. The molecule has 0 radical (unpaired) electrons. The Bertz CT molecular complexity index is 340. The molecular formula is C12H21N3O. The highest BCUT2D eigenvalue weighted by atomic mass is 16.5. The molecule has 1 aromatic rings. The lowest BCUT2D eigenvalue weighted by atomic mass is 9.94. The van der Waals surface area contributed by atoms with Crippen LogP contribution in [0.4, 0.5) is 0 Å². The molecule has 16 heavy (non-hydrogen) atoms. The van der Waals surface area contributed by atoms with Gasteiger partial charge in [-0.15, -0.1) is 0 Å². The predicted octanol–water partition coefficient (Wildman–Crippen LogP) is 1.36. The standard InChI is InChI=1S/C12H21N3O/c1-9-4-5-10(13-7-9)6-11-12(16-3)8-14-15(11)2/h8-10,13H,4-7H2,1-3H3. The van der Waals surface area contributed by atoms with Gasteiger partial charge < -0.3 is 10.1 Å². The molecule has 1 fully saturated rings. The molecule has 2 unspecified atom stereocenters. The summed E-state index contributed by atoms with van der Waals surface area (Å²) in [6.45, 7) is 3.43. The molecule has 4 nitrogen and oxygen atoms in total. The lowest BCUT2D eigenvalue weighted by Crippen LogP contribution is -2.39. The van der Waals surface area contributed by atoms with Crippen LogP contribution in [0.1, 0.15) is 25.5 Å². The number of hydrogen-bond donors (Lipinski definition) is 1. The van der Waals surface area contributed by atoms with E-state index in [4.69, 9.17) is 4.74 Å². The molecule has 1 aromatic heterocycles. The van der Waals surface area contributed by atoms with Crippen molar-refractivity contribution in [3.8, 4) is 5.75 Å². The van der Waals surface area contributed by atoms with Crippen molar-refractivity contribution in [2.24, 2.45) is 13.0 Å². The Morgan fingerprint density at radius 1 is 1.56 bits per heavy atom. The summed E-state index contributed by atoms with van der Waals surface area (Å²) in [6.07, 6.45) is 5.36. The van der Waals surface area contributed by atoms with E-state index in [1.54, 1.807) is 13.3 Å². The molecule has 90 valence electrons. The number of methoxy groups -OCH3 is 1. The smallest absolute Gasteiger partial charge is 0.159 e. The van der Waals surface area contributed by atoms with E-state index < -0.39 is 0 Å². The average Bonchev–Trinajstić information content (AvgIpc) is 2.63. The minimum atomic E-state index is 0.570. The third-order valence-corrected chi connectivity index (χ3v) is 3.45. The Balaban J connectivity index is 2.00.